The van der Waals surface area contributed by atoms with Crippen LogP contribution in [0.5, 0.6) is 0 Å². The zero-order chi connectivity index (χ0) is 19.1. The fourth-order valence-electron chi connectivity index (χ4n) is 2.40. The van der Waals surface area contributed by atoms with Crippen molar-refractivity contribution in [1.82, 2.24) is 0 Å². The summed E-state index contributed by atoms with van der Waals surface area (Å²) in [5, 5.41) is 13.3. The molecule has 1 amide bonds. The summed E-state index contributed by atoms with van der Waals surface area (Å²) in [5.41, 5.74) is 1.88. The Kier molecular flexibility index (Phi) is 6.43. The Morgan fingerprint density at radius 2 is 1.88 bits per heavy atom. The highest BCUT2D eigenvalue weighted by Gasteiger charge is 2.15. The van der Waals surface area contributed by atoms with Gasteiger partial charge < -0.3 is 10.1 Å². The van der Waals surface area contributed by atoms with Crippen molar-refractivity contribution in [2.75, 3.05) is 11.9 Å². The van der Waals surface area contributed by atoms with E-state index in [-0.39, 0.29) is 18.0 Å². The Morgan fingerprint density at radius 3 is 2.54 bits per heavy atom. The predicted octanol–water partition coefficient (Wildman–Crippen LogP) is 3.58. The van der Waals surface area contributed by atoms with Crippen molar-refractivity contribution in [3.05, 3.63) is 69.8 Å². The lowest BCUT2D eigenvalue weighted by Crippen LogP contribution is -2.22. The second-order valence-corrected chi connectivity index (χ2v) is 5.98. The van der Waals surface area contributed by atoms with E-state index in [0.29, 0.717) is 11.3 Å². The van der Waals surface area contributed by atoms with Gasteiger partial charge in [0.2, 0.25) is 0 Å². The quantitative estimate of drug-likeness (QED) is 0.464. The molecule has 0 unspecified atom stereocenters. The van der Waals surface area contributed by atoms with E-state index in [1.165, 1.54) is 12.1 Å². The number of carbonyl (C=O) groups excluding carboxylic acids is 2. The Bertz CT molecular complexity index is 805. The summed E-state index contributed by atoms with van der Waals surface area (Å²) in [6.45, 7) is 3.18. The van der Waals surface area contributed by atoms with E-state index < -0.39 is 23.4 Å². The first-order chi connectivity index (χ1) is 12.4. The number of anilines is 1. The van der Waals surface area contributed by atoms with E-state index in [9.17, 15) is 19.7 Å². The average Bonchev–Trinajstić information content (AvgIpc) is 2.62. The number of carbonyl (C=O) groups is 2. The van der Waals surface area contributed by atoms with Crippen LogP contribution in [-0.2, 0) is 14.3 Å². The summed E-state index contributed by atoms with van der Waals surface area (Å²) in [4.78, 5) is 34.1. The summed E-state index contributed by atoms with van der Waals surface area (Å²) in [6.07, 6.45) is 0.160. The molecule has 0 heterocycles. The van der Waals surface area contributed by atoms with Crippen LogP contribution in [-0.4, -0.2) is 23.4 Å². The first-order valence-corrected chi connectivity index (χ1v) is 8.12. The van der Waals surface area contributed by atoms with E-state index in [1.54, 1.807) is 13.0 Å². The molecule has 2 aromatic rings. The van der Waals surface area contributed by atoms with E-state index in [2.05, 4.69) is 5.32 Å². The summed E-state index contributed by atoms with van der Waals surface area (Å²) >= 11 is 0. The molecule has 0 saturated heterocycles. The number of non-ortho nitro benzene ring substituents is 1. The average molecular weight is 356 g/mol. The van der Waals surface area contributed by atoms with Crippen LogP contribution < -0.4 is 5.32 Å². The number of amides is 1. The maximum Gasteiger partial charge on any atom is 0.306 e. The third kappa shape index (κ3) is 5.41. The van der Waals surface area contributed by atoms with E-state index in [1.807, 2.05) is 37.3 Å². The number of hydrogen-bond acceptors (Lipinski definition) is 5. The van der Waals surface area contributed by atoms with Crippen LogP contribution in [0, 0.1) is 17.0 Å². The number of nitro groups is 1. The number of aryl methyl sites for hydroxylation is 1. The molecule has 0 aliphatic heterocycles. The second kappa shape index (κ2) is 8.75. The van der Waals surface area contributed by atoms with Gasteiger partial charge in [-0.3, -0.25) is 19.7 Å². The zero-order valence-corrected chi connectivity index (χ0v) is 14.6. The van der Waals surface area contributed by atoms with Crippen LogP contribution in [0.25, 0.3) is 0 Å². The van der Waals surface area contributed by atoms with Gasteiger partial charge in [-0.1, -0.05) is 43.3 Å². The number of nitrogens with one attached hydrogen (secondary N) is 1. The molecule has 26 heavy (non-hydrogen) atoms. The lowest BCUT2D eigenvalue weighted by atomic mass is 9.98. The van der Waals surface area contributed by atoms with Crippen molar-refractivity contribution < 1.29 is 19.2 Å². The smallest absolute Gasteiger partial charge is 0.306 e. The van der Waals surface area contributed by atoms with Crippen molar-refractivity contribution in [2.24, 2.45) is 0 Å². The number of esters is 1. The Labute approximate surface area is 151 Å². The Morgan fingerprint density at radius 1 is 1.19 bits per heavy atom. The monoisotopic (exact) mass is 356 g/mol. The van der Waals surface area contributed by atoms with Gasteiger partial charge in [0, 0.05) is 12.1 Å². The molecule has 0 aromatic heterocycles. The third-order valence-corrected chi connectivity index (χ3v) is 3.91. The van der Waals surface area contributed by atoms with Gasteiger partial charge in [-0.05, 0) is 24.0 Å². The summed E-state index contributed by atoms with van der Waals surface area (Å²) < 4.78 is 5.00. The van der Waals surface area contributed by atoms with Crippen LogP contribution in [0.4, 0.5) is 11.4 Å². The Balaban J connectivity index is 1.86. The molecule has 0 spiro atoms. The standard InChI is InChI=1S/C19H20N2O5/c1-13-8-9-16(21(24)25)11-17(13)20-18(22)12-26-19(23)10-14(2)15-6-4-3-5-7-15/h3-9,11,14H,10,12H2,1-2H3,(H,20,22)/t14-/m1/s1. The van der Waals surface area contributed by atoms with Crippen molar-refractivity contribution in [3.63, 3.8) is 0 Å². The maximum absolute atomic E-state index is 11.9. The molecule has 0 saturated carbocycles. The van der Waals surface area contributed by atoms with Gasteiger partial charge in [-0.15, -0.1) is 0 Å². The Hall–Kier alpha value is -3.22. The minimum absolute atomic E-state index is 0.0224. The van der Waals surface area contributed by atoms with Crippen LogP contribution in [0.2, 0.25) is 0 Å². The number of nitro benzene ring substituents is 1. The molecule has 0 bridgehead atoms. The molecule has 0 fully saturated rings. The molecule has 0 aliphatic carbocycles. The summed E-state index contributed by atoms with van der Waals surface area (Å²) in [5.74, 6) is -1.05. The molecule has 2 aromatic carbocycles. The highest BCUT2D eigenvalue weighted by Crippen LogP contribution is 2.22. The van der Waals surface area contributed by atoms with Gasteiger partial charge in [0.15, 0.2) is 6.61 Å². The van der Waals surface area contributed by atoms with Crippen LogP contribution >= 0.6 is 0 Å². The highest BCUT2D eigenvalue weighted by atomic mass is 16.6. The highest BCUT2D eigenvalue weighted by molar-refractivity contribution is 5.93. The molecule has 7 nitrogen and oxygen atoms in total. The van der Waals surface area contributed by atoms with Crippen molar-refractivity contribution >= 4 is 23.3 Å². The van der Waals surface area contributed by atoms with Crippen LogP contribution in [0.3, 0.4) is 0 Å². The minimum atomic E-state index is -0.547. The second-order valence-electron chi connectivity index (χ2n) is 5.98. The SMILES string of the molecule is Cc1ccc([N+](=O)[O-])cc1NC(=O)COC(=O)C[C@@H](C)c1ccccc1. The number of rotatable bonds is 7. The minimum Gasteiger partial charge on any atom is -0.456 e. The van der Waals surface area contributed by atoms with Gasteiger partial charge in [-0.25, -0.2) is 0 Å². The lowest BCUT2D eigenvalue weighted by molar-refractivity contribution is -0.384. The van der Waals surface area contributed by atoms with Crippen LogP contribution in [0.1, 0.15) is 30.4 Å². The van der Waals surface area contributed by atoms with Gasteiger partial charge >= 0.3 is 5.97 Å². The zero-order valence-electron chi connectivity index (χ0n) is 14.6. The molecular weight excluding hydrogens is 336 g/mol. The lowest BCUT2D eigenvalue weighted by Gasteiger charge is -2.12. The number of hydrogen-bond donors (Lipinski definition) is 1. The largest absolute Gasteiger partial charge is 0.456 e. The first kappa shape index (κ1) is 19.1. The van der Waals surface area contributed by atoms with E-state index in [0.717, 1.165) is 5.56 Å². The third-order valence-electron chi connectivity index (χ3n) is 3.91. The number of benzene rings is 2. The van der Waals surface area contributed by atoms with E-state index >= 15 is 0 Å². The molecule has 0 radical (unpaired) electrons. The molecule has 1 atom stereocenters. The van der Waals surface area contributed by atoms with Gasteiger partial charge in [0.05, 0.1) is 17.0 Å². The number of ether oxygens (including phenoxy) is 1. The molecule has 136 valence electrons. The fourth-order valence-corrected chi connectivity index (χ4v) is 2.40. The van der Waals surface area contributed by atoms with Crippen LogP contribution in [0.15, 0.2) is 48.5 Å². The van der Waals surface area contributed by atoms with Crippen molar-refractivity contribution in [2.45, 2.75) is 26.2 Å². The molecule has 7 heteroatoms. The summed E-state index contributed by atoms with van der Waals surface area (Å²) in [6, 6.07) is 13.7. The first-order valence-electron chi connectivity index (χ1n) is 8.12. The number of nitrogens with zero attached hydrogens (tertiary/aromatic N) is 1. The normalized spacial score (nSPS) is 11.5. The van der Waals surface area contributed by atoms with Gasteiger partial charge in [0.1, 0.15) is 0 Å². The van der Waals surface area contributed by atoms with Gasteiger partial charge in [-0.2, -0.15) is 0 Å². The van der Waals surface area contributed by atoms with E-state index in [4.69, 9.17) is 4.74 Å². The predicted molar refractivity (Wildman–Crippen MR) is 96.9 cm³/mol. The molecule has 2 rings (SSSR count). The van der Waals surface area contributed by atoms with Gasteiger partial charge in [0.25, 0.3) is 11.6 Å². The van der Waals surface area contributed by atoms with Crippen molar-refractivity contribution in [3.8, 4) is 0 Å². The molecular formula is C19H20N2O5. The van der Waals surface area contributed by atoms with Crippen molar-refractivity contribution in [1.29, 1.82) is 0 Å². The summed E-state index contributed by atoms with van der Waals surface area (Å²) in [7, 11) is 0. The maximum atomic E-state index is 11.9. The molecule has 0 aliphatic rings. The fraction of sp³-hybridized carbons (Fsp3) is 0.263. The molecule has 1 N–H and O–H groups in total. The topological polar surface area (TPSA) is 98.5 Å².